The van der Waals surface area contributed by atoms with E-state index in [1.165, 1.54) is 36.4 Å². The fraction of sp³-hybridized carbons (Fsp3) is 0.190. The van der Waals surface area contributed by atoms with Gasteiger partial charge in [-0.25, -0.2) is 0 Å². The van der Waals surface area contributed by atoms with Crippen molar-refractivity contribution in [1.82, 2.24) is 4.90 Å². The van der Waals surface area contributed by atoms with E-state index in [4.69, 9.17) is 4.74 Å². The summed E-state index contributed by atoms with van der Waals surface area (Å²) in [6.45, 7) is 1.46. The summed E-state index contributed by atoms with van der Waals surface area (Å²) in [5.74, 6) is -3.43. The number of nitro groups is 1. The molecule has 0 radical (unpaired) electrons. The Balaban J connectivity index is 2.13. The molecule has 1 fully saturated rings. The molecule has 2 aromatic carbocycles. The minimum Gasteiger partial charge on any atom is -0.507 e. The fourth-order valence-electron chi connectivity index (χ4n) is 3.34. The Morgan fingerprint density at radius 2 is 1.71 bits per heavy atom. The molecule has 0 aliphatic carbocycles. The van der Waals surface area contributed by atoms with Gasteiger partial charge in [0.05, 0.1) is 23.1 Å². The van der Waals surface area contributed by atoms with Crippen molar-refractivity contribution in [2.75, 3.05) is 13.2 Å². The van der Waals surface area contributed by atoms with Crippen molar-refractivity contribution < 1.29 is 34.3 Å². The monoisotopic (exact) mass is 426 g/mol. The molecule has 160 valence electrons. The number of non-ortho nitro benzene ring substituents is 1. The van der Waals surface area contributed by atoms with Crippen molar-refractivity contribution in [3.05, 3.63) is 75.3 Å². The van der Waals surface area contributed by atoms with E-state index in [2.05, 4.69) is 0 Å². The van der Waals surface area contributed by atoms with Gasteiger partial charge in [-0.2, -0.15) is 0 Å². The highest BCUT2D eigenvalue weighted by atomic mass is 16.6. The van der Waals surface area contributed by atoms with Crippen LogP contribution in [-0.4, -0.2) is 50.8 Å². The molecule has 3 rings (SSSR count). The van der Waals surface area contributed by atoms with Gasteiger partial charge in [-0.3, -0.25) is 24.5 Å². The van der Waals surface area contributed by atoms with E-state index >= 15 is 0 Å². The number of aliphatic hydroxyl groups excluding tert-OH is 1. The maximum absolute atomic E-state index is 12.7. The maximum Gasteiger partial charge on any atom is 0.323 e. The summed E-state index contributed by atoms with van der Waals surface area (Å²) in [5, 5.41) is 31.0. The van der Waals surface area contributed by atoms with Crippen LogP contribution < -0.4 is 4.74 Å². The van der Waals surface area contributed by atoms with E-state index < -0.39 is 40.9 Å². The molecule has 1 aliphatic heterocycles. The number of amides is 1. The van der Waals surface area contributed by atoms with Crippen molar-refractivity contribution in [2.24, 2.45) is 0 Å². The second-order valence-electron chi connectivity index (χ2n) is 6.63. The quantitative estimate of drug-likeness (QED) is 0.226. The van der Waals surface area contributed by atoms with Crippen LogP contribution in [-0.2, 0) is 14.4 Å². The summed E-state index contributed by atoms with van der Waals surface area (Å²) in [6, 6.07) is 9.91. The van der Waals surface area contributed by atoms with E-state index in [0.29, 0.717) is 12.4 Å². The van der Waals surface area contributed by atoms with Crippen LogP contribution in [0.25, 0.3) is 5.76 Å². The van der Waals surface area contributed by atoms with Crippen LogP contribution in [0, 0.1) is 10.1 Å². The van der Waals surface area contributed by atoms with Gasteiger partial charge < -0.3 is 19.8 Å². The van der Waals surface area contributed by atoms with E-state index in [1.54, 1.807) is 12.1 Å². The number of aliphatic hydroxyl groups is 1. The van der Waals surface area contributed by atoms with Crippen LogP contribution in [0.3, 0.4) is 0 Å². The zero-order chi connectivity index (χ0) is 22.7. The van der Waals surface area contributed by atoms with Crippen molar-refractivity contribution in [1.29, 1.82) is 0 Å². The molecule has 31 heavy (non-hydrogen) atoms. The number of carbonyl (C=O) groups excluding carboxylic acids is 2. The molecular formula is C21H18N2O8. The molecular weight excluding hydrogens is 408 g/mol. The predicted octanol–water partition coefficient (Wildman–Crippen LogP) is 2.50. The summed E-state index contributed by atoms with van der Waals surface area (Å²) in [4.78, 5) is 47.6. The molecule has 1 aliphatic rings. The molecule has 10 heteroatoms. The molecule has 1 unspecified atom stereocenters. The predicted molar refractivity (Wildman–Crippen MR) is 107 cm³/mol. The second-order valence-corrected chi connectivity index (χ2v) is 6.63. The molecule has 1 atom stereocenters. The first-order valence-corrected chi connectivity index (χ1v) is 9.22. The third kappa shape index (κ3) is 4.22. The standard InChI is InChI=1S/C21H18N2O8/c1-2-31-15-9-5-13(6-10-15)19(26)17-18(12-3-7-14(8-4-12)23(29)30)22(11-16(24)25)21(28)20(17)27/h3-10,18,26H,2,11H2,1H3,(H,24,25). The Labute approximate surface area is 176 Å². The Bertz CT molecular complexity index is 1070. The van der Waals surface area contributed by atoms with Gasteiger partial charge in [0.25, 0.3) is 17.4 Å². The van der Waals surface area contributed by atoms with Gasteiger partial charge in [0.1, 0.15) is 18.1 Å². The van der Waals surface area contributed by atoms with Crippen molar-refractivity contribution in [3.8, 4) is 5.75 Å². The molecule has 0 saturated carbocycles. The first-order chi connectivity index (χ1) is 14.7. The van der Waals surface area contributed by atoms with Crippen LogP contribution >= 0.6 is 0 Å². The van der Waals surface area contributed by atoms with E-state index in [-0.39, 0.29) is 22.4 Å². The summed E-state index contributed by atoms with van der Waals surface area (Å²) in [5.41, 5.74) is -0.0445. The largest absolute Gasteiger partial charge is 0.507 e. The SMILES string of the molecule is CCOc1ccc(C(O)=C2C(=O)C(=O)N(CC(=O)O)C2c2ccc([N+](=O)[O-])cc2)cc1. The highest BCUT2D eigenvalue weighted by Gasteiger charge is 2.46. The molecule has 2 aromatic rings. The zero-order valence-electron chi connectivity index (χ0n) is 16.3. The maximum atomic E-state index is 12.7. The number of carboxylic acids is 1. The highest BCUT2D eigenvalue weighted by Crippen LogP contribution is 2.39. The number of carbonyl (C=O) groups is 3. The topological polar surface area (TPSA) is 147 Å². The summed E-state index contributed by atoms with van der Waals surface area (Å²) in [7, 11) is 0. The summed E-state index contributed by atoms with van der Waals surface area (Å²) in [6.07, 6.45) is 0. The van der Waals surface area contributed by atoms with E-state index in [9.17, 15) is 34.7 Å². The zero-order valence-corrected chi connectivity index (χ0v) is 16.3. The number of rotatable bonds is 7. The number of carboxylic acid groups (broad SMARTS) is 1. The summed E-state index contributed by atoms with van der Waals surface area (Å²) < 4.78 is 5.34. The Hall–Kier alpha value is -4.21. The van der Waals surface area contributed by atoms with Gasteiger partial charge in [-0.15, -0.1) is 0 Å². The van der Waals surface area contributed by atoms with Gasteiger partial charge in [-0.1, -0.05) is 0 Å². The van der Waals surface area contributed by atoms with E-state index in [1.807, 2.05) is 6.92 Å². The molecule has 0 spiro atoms. The van der Waals surface area contributed by atoms with Crippen molar-refractivity contribution in [2.45, 2.75) is 13.0 Å². The molecule has 0 bridgehead atoms. The van der Waals surface area contributed by atoms with E-state index in [0.717, 1.165) is 4.90 Å². The average molecular weight is 426 g/mol. The molecule has 1 heterocycles. The third-order valence-electron chi connectivity index (χ3n) is 4.70. The number of hydrogen-bond acceptors (Lipinski definition) is 7. The van der Waals surface area contributed by atoms with Gasteiger partial charge in [0, 0.05) is 17.7 Å². The number of aliphatic carboxylic acids is 1. The highest BCUT2D eigenvalue weighted by molar-refractivity contribution is 6.46. The van der Waals surface area contributed by atoms with Crippen LogP contribution in [0.5, 0.6) is 5.75 Å². The number of ether oxygens (including phenoxy) is 1. The molecule has 1 saturated heterocycles. The number of hydrogen-bond donors (Lipinski definition) is 2. The molecule has 10 nitrogen and oxygen atoms in total. The average Bonchev–Trinajstić information content (AvgIpc) is 2.98. The van der Waals surface area contributed by atoms with Gasteiger partial charge in [0.15, 0.2) is 0 Å². The van der Waals surface area contributed by atoms with Gasteiger partial charge >= 0.3 is 5.97 Å². The molecule has 2 N–H and O–H groups in total. The second kappa shape index (κ2) is 8.66. The minimum absolute atomic E-state index is 0.217. The van der Waals surface area contributed by atoms with Crippen LogP contribution in [0.15, 0.2) is 54.1 Å². The third-order valence-corrected chi connectivity index (χ3v) is 4.70. The van der Waals surface area contributed by atoms with Gasteiger partial charge in [-0.05, 0) is 48.9 Å². The number of nitro benzene ring substituents is 1. The lowest BCUT2D eigenvalue weighted by atomic mass is 9.95. The lowest BCUT2D eigenvalue weighted by Gasteiger charge is -2.23. The fourth-order valence-corrected chi connectivity index (χ4v) is 3.34. The Morgan fingerprint density at radius 1 is 1.10 bits per heavy atom. The Morgan fingerprint density at radius 3 is 2.23 bits per heavy atom. The first kappa shape index (κ1) is 21.5. The van der Waals surface area contributed by atoms with Crippen LogP contribution in [0.2, 0.25) is 0 Å². The smallest absolute Gasteiger partial charge is 0.323 e. The van der Waals surface area contributed by atoms with Crippen molar-refractivity contribution in [3.63, 3.8) is 0 Å². The molecule has 1 amide bonds. The minimum atomic E-state index is -1.35. The van der Waals surface area contributed by atoms with Gasteiger partial charge in [0.2, 0.25) is 0 Å². The Kier molecular flexibility index (Phi) is 6.00. The first-order valence-electron chi connectivity index (χ1n) is 9.22. The lowest BCUT2D eigenvalue weighted by molar-refractivity contribution is -0.384. The number of Topliss-reactive ketones (excluding diaryl/α,β-unsaturated/α-hetero) is 1. The number of benzene rings is 2. The number of likely N-dealkylation sites (tertiary alicyclic amines) is 1. The van der Waals surface area contributed by atoms with Crippen LogP contribution in [0.1, 0.15) is 24.1 Å². The number of nitrogens with zero attached hydrogens (tertiary/aromatic N) is 2. The number of ketones is 1. The normalized spacial score (nSPS) is 17.6. The lowest BCUT2D eigenvalue weighted by Crippen LogP contribution is -2.34. The summed E-state index contributed by atoms with van der Waals surface area (Å²) >= 11 is 0. The van der Waals surface area contributed by atoms with Crippen LogP contribution in [0.4, 0.5) is 5.69 Å². The van der Waals surface area contributed by atoms with Crippen molar-refractivity contribution >= 4 is 29.1 Å². The molecule has 0 aromatic heterocycles.